The second kappa shape index (κ2) is 7.19. The molecule has 0 bridgehead atoms. The summed E-state index contributed by atoms with van der Waals surface area (Å²) in [5, 5.41) is 18.8. The van der Waals surface area contributed by atoms with Crippen LogP contribution in [0.5, 0.6) is 0 Å². The number of nitrogens with zero attached hydrogens (tertiary/aromatic N) is 3. The Hall–Kier alpha value is -1.47. The third-order valence-electron chi connectivity index (χ3n) is 3.15. The number of aliphatic hydroxyl groups is 2. The number of nitrogens with two attached hydrogens (primary N) is 1. The molecule has 3 rings (SSSR count). The fraction of sp³-hybridized carbons (Fsp3) is 0.500. The van der Waals surface area contributed by atoms with E-state index in [1.54, 1.807) is 0 Å². The summed E-state index contributed by atoms with van der Waals surface area (Å²) in [7, 11) is 0. The molecule has 0 spiro atoms. The minimum atomic E-state index is -3.94. The number of aromatic nitrogens is 4. The Balaban J connectivity index is 0.000000368. The predicted octanol–water partition coefficient (Wildman–Crippen LogP) is -1.65. The van der Waals surface area contributed by atoms with Crippen LogP contribution in [0.25, 0.3) is 11.2 Å². The molecule has 0 aromatic carbocycles. The Morgan fingerprint density at radius 3 is 2.71 bits per heavy atom. The highest BCUT2D eigenvalue weighted by Crippen LogP contribution is 2.39. The summed E-state index contributed by atoms with van der Waals surface area (Å²) in [4.78, 5) is 36.9. The van der Waals surface area contributed by atoms with Crippen LogP contribution in [-0.2, 0) is 9.30 Å². The third-order valence-corrected chi connectivity index (χ3v) is 3.15. The summed E-state index contributed by atoms with van der Waals surface area (Å²) in [5.41, 5.74) is 5.50. The SMILES string of the molecule is Nc1nc2c(ncn2C2C[C@H](O)[C@@H](CO)O2)c(=O)[nH]1.O=P(O)(O)S. The number of imidazole rings is 1. The molecular formula is C10H16N5O7PS. The van der Waals surface area contributed by atoms with E-state index in [-0.39, 0.29) is 30.1 Å². The first-order chi connectivity index (χ1) is 11.1. The first-order valence-corrected chi connectivity index (χ1v) is 9.31. The van der Waals surface area contributed by atoms with Crippen molar-refractivity contribution in [1.29, 1.82) is 0 Å². The first kappa shape index (κ1) is 18.9. The number of anilines is 1. The molecule has 1 aliphatic rings. The van der Waals surface area contributed by atoms with Gasteiger partial charge in [-0.15, -0.1) is 0 Å². The maximum atomic E-state index is 11.6. The molecule has 0 radical (unpaired) electrons. The van der Waals surface area contributed by atoms with E-state index >= 15 is 0 Å². The molecule has 7 N–H and O–H groups in total. The monoisotopic (exact) mass is 381 g/mol. The molecule has 3 atom stereocenters. The molecular weight excluding hydrogens is 365 g/mol. The van der Waals surface area contributed by atoms with E-state index in [4.69, 9.17) is 25.4 Å². The van der Waals surface area contributed by atoms with Crippen molar-refractivity contribution in [2.75, 3.05) is 12.3 Å². The molecule has 0 aliphatic carbocycles. The molecule has 3 heterocycles. The number of hydrogen-bond acceptors (Lipinski definition) is 8. The third kappa shape index (κ3) is 4.54. The van der Waals surface area contributed by atoms with Crippen LogP contribution in [0.15, 0.2) is 11.1 Å². The maximum absolute atomic E-state index is 11.6. The Bertz CT molecular complexity index is 811. The molecule has 134 valence electrons. The first-order valence-electron chi connectivity index (χ1n) is 6.55. The van der Waals surface area contributed by atoms with Crippen LogP contribution in [0.2, 0.25) is 0 Å². The normalized spacial score (nSPS) is 24.0. The van der Waals surface area contributed by atoms with Gasteiger partial charge in [-0.2, -0.15) is 4.98 Å². The largest absolute Gasteiger partial charge is 0.394 e. The summed E-state index contributed by atoms with van der Waals surface area (Å²) in [5.74, 6) is -0.0171. The smallest absolute Gasteiger partial charge is 0.380 e. The number of fused-ring (bicyclic) bond motifs is 1. The number of aliphatic hydroxyl groups excluding tert-OH is 2. The van der Waals surface area contributed by atoms with Gasteiger partial charge in [0.25, 0.3) is 5.56 Å². The van der Waals surface area contributed by atoms with Crippen molar-refractivity contribution in [2.45, 2.75) is 24.9 Å². The molecule has 12 nitrogen and oxygen atoms in total. The van der Waals surface area contributed by atoms with Crippen LogP contribution >= 0.6 is 19.0 Å². The highest BCUT2D eigenvalue weighted by Gasteiger charge is 2.35. The lowest BCUT2D eigenvalue weighted by Gasteiger charge is -2.13. The van der Waals surface area contributed by atoms with Crippen molar-refractivity contribution >= 4 is 36.2 Å². The molecule has 1 saturated heterocycles. The number of aromatic amines is 1. The topological polar surface area (TPSA) is 197 Å². The number of H-pyrrole nitrogens is 1. The molecule has 2 aromatic rings. The fourth-order valence-corrected chi connectivity index (χ4v) is 2.20. The van der Waals surface area contributed by atoms with E-state index in [1.165, 1.54) is 10.9 Å². The number of ether oxygens (including phenoxy) is 1. The van der Waals surface area contributed by atoms with Crippen LogP contribution in [-0.4, -0.2) is 58.3 Å². The van der Waals surface area contributed by atoms with Gasteiger partial charge in [0, 0.05) is 6.42 Å². The maximum Gasteiger partial charge on any atom is 0.380 e. The minimum Gasteiger partial charge on any atom is -0.394 e. The highest BCUT2D eigenvalue weighted by atomic mass is 32.7. The standard InChI is InChI=1S/C10H13N5O4.H3O3PS/c11-10-13-8-7(9(18)14-10)12-3-15(8)6-1-4(17)5(2-16)19-6;1-4(2,3)5/h3-6,16-17H,1-2H2,(H3,11,13,14,18);(H3,1,2,3,5)/t4-,5+,6?;/m0./s1. The molecule has 1 aliphatic heterocycles. The molecule has 24 heavy (non-hydrogen) atoms. The zero-order valence-corrected chi connectivity index (χ0v) is 13.8. The van der Waals surface area contributed by atoms with E-state index in [1.807, 2.05) is 0 Å². The van der Waals surface area contributed by atoms with Crippen LogP contribution in [0.4, 0.5) is 5.95 Å². The quantitative estimate of drug-likeness (QED) is 0.234. The van der Waals surface area contributed by atoms with Gasteiger partial charge >= 0.3 is 6.80 Å². The van der Waals surface area contributed by atoms with Gasteiger partial charge in [0.1, 0.15) is 12.3 Å². The van der Waals surface area contributed by atoms with Crippen molar-refractivity contribution in [3.63, 3.8) is 0 Å². The summed E-state index contributed by atoms with van der Waals surface area (Å²) in [6.07, 6.45) is -0.270. The Morgan fingerprint density at radius 1 is 1.54 bits per heavy atom. The van der Waals surface area contributed by atoms with E-state index < -0.39 is 30.8 Å². The van der Waals surface area contributed by atoms with E-state index in [0.717, 1.165) is 0 Å². The van der Waals surface area contributed by atoms with Gasteiger partial charge in [0.2, 0.25) is 5.95 Å². The Kier molecular flexibility index (Phi) is 5.65. The van der Waals surface area contributed by atoms with Gasteiger partial charge in [0.05, 0.1) is 19.0 Å². The molecule has 1 unspecified atom stereocenters. The van der Waals surface area contributed by atoms with Gasteiger partial charge in [0.15, 0.2) is 11.2 Å². The number of rotatable bonds is 2. The average Bonchev–Trinajstić information content (AvgIpc) is 3.00. The number of thiol groups is 1. The second-order valence-electron chi connectivity index (χ2n) is 4.90. The highest BCUT2D eigenvalue weighted by molar-refractivity contribution is 8.43. The second-order valence-corrected chi connectivity index (χ2v) is 7.49. The summed E-state index contributed by atoms with van der Waals surface area (Å²) >= 11 is 2.79. The van der Waals surface area contributed by atoms with Gasteiger partial charge < -0.3 is 30.5 Å². The lowest BCUT2D eigenvalue weighted by molar-refractivity contribution is -0.0432. The van der Waals surface area contributed by atoms with Crippen LogP contribution in [0, 0.1) is 0 Å². The zero-order chi connectivity index (χ0) is 18.1. The van der Waals surface area contributed by atoms with Crippen molar-refractivity contribution in [3.05, 3.63) is 16.7 Å². The molecule has 2 aromatic heterocycles. The van der Waals surface area contributed by atoms with Gasteiger partial charge in [-0.1, -0.05) is 12.2 Å². The van der Waals surface area contributed by atoms with Crippen LogP contribution in [0.1, 0.15) is 12.6 Å². The van der Waals surface area contributed by atoms with Gasteiger partial charge in [-0.3, -0.25) is 14.3 Å². The van der Waals surface area contributed by atoms with Gasteiger partial charge in [-0.25, -0.2) is 9.55 Å². The summed E-state index contributed by atoms with van der Waals surface area (Å²) in [6, 6.07) is 0. The summed E-state index contributed by atoms with van der Waals surface area (Å²) < 4.78 is 16.2. The number of hydrogen-bond donors (Lipinski definition) is 7. The van der Waals surface area contributed by atoms with E-state index in [2.05, 4.69) is 27.2 Å². The lowest BCUT2D eigenvalue weighted by atomic mass is 10.2. The Labute approximate surface area is 139 Å². The van der Waals surface area contributed by atoms with E-state index in [9.17, 15) is 14.5 Å². The lowest BCUT2D eigenvalue weighted by Crippen LogP contribution is -2.24. The zero-order valence-electron chi connectivity index (χ0n) is 12.1. The Morgan fingerprint density at radius 2 is 2.17 bits per heavy atom. The van der Waals surface area contributed by atoms with Crippen molar-refractivity contribution < 1.29 is 29.3 Å². The average molecular weight is 381 g/mol. The van der Waals surface area contributed by atoms with E-state index in [0.29, 0.717) is 0 Å². The molecule has 0 saturated carbocycles. The van der Waals surface area contributed by atoms with Crippen molar-refractivity contribution in [3.8, 4) is 0 Å². The van der Waals surface area contributed by atoms with Crippen molar-refractivity contribution in [1.82, 2.24) is 19.5 Å². The minimum absolute atomic E-state index is 0.0171. The number of nitrogens with one attached hydrogen (secondary N) is 1. The fourth-order valence-electron chi connectivity index (χ4n) is 2.20. The van der Waals surface area contributed by atoms with Crippen LogP contribution in [0.3, 0.4) is 0 Å². The number of nitrogen functional groups attached to an aromatic ring is 1. The van der Waals surface area contributed by atoms with Crippen molar-refractivity contribution in [2.24, 2.45) is 0 Å². The molecule has 0 amide bonds. The summed E-state index contributed by atoms with van der Waals surface area (Å²) in [6.45, 7) is -4.22. The molecule has 14 heteroatoms. The van der Waals surface area contributed by atoms with Crippen LogP contribution < -0.4 is 11.3 Å². The predicted molar refractivity (Wildman–Crippen MR) is 85.2 cm³/mol. The van der Waals surface area contributed by atoms with Gasteiger partial charge in [-0.05, 0) is 0 Å². The molecule has 1 fully saturated rings.